The molecule has 2 aliphatic rings. The van der Waals surface area contributed by atoms with Gasteiger partial charge in [0.2, 0.25) is 11.8 Å². The summed E-state index contributed by atoms with van der Waals surface area (Å²) in [6, 6.07) is 14.3. The van der Waals surface area contributed by atoms with Gasteiger partial charge in [-0.1, -0.05) is 30.3 Å². The SMILES string of the molecule is CN(CC1CCN(CCc2ccc(F)cc2)CC1)C(=O)C1CC(=O)Nc2ccccc21. The molecule has 2 amide bonds. The fraction of sp³-hybridized carbons (Fsp3) is 0.440. The Morgan fingerprint density at radius 3 is 2.58 bits per heavy atom. The van der Waals surface area contributed by atoms with Crippen LogP contribution < -0.4 is 5.32 Å². The van der Waals surface area contributed by atoms with Crippen LogP contribution in [0.15, 0.2) is 48.5 Å². The zero-order valence-electron chi connectivity index (χ0n) is 18.0. The third-order valence-electron chi connectivity index (χ3n) is 6.54. The van der Waals surface area contributed by atoms with Crippen LogP contribution in [0.5, 0.6) is 0 Å². The largest absolute Gasteiger partial charge is 0.345 e. The standard InChI is InChI=1S/C25H30FN3O2/c1-28(25(31)22-16-24(30)27-23-5-3-2-4-21(22)23)17-19-11-14-29(15-12-19)13-10-18-6-8-20(26)9-7-18/h2-9,19,22H,10-17H2,1H3,(H,27,30). The normalized spacial score (nSPS) is 19.5. The van der Waals surface area contributed by atoms with Gasteiger partial charge in [0.15, 0.2) is 0 Å². The second-order valence-electron chi connectivity index (χ2n) is 8.77. The second kappa shape index (κ2) is 9.60. The van der Waals surface area contributed by atoms with Crippen molar-refractivity contribution < 1.29 is 14.0 Å². The van der Waals surface area contributed by atoms with E-state index < -0.39 is 5.92 Å². The monoisotopic (exact) mass is 423 g/mol. The molecule has 0 aliphatic carbocycles. The first-order valence-electron chi connectivity index (χ1n) is 11.1. The van der Waals surface area contributed by atoms with E-state index in [4.69, 9.17) is 0 Å². The molecule has 0 spiro atoms. The van der Waals surface area contributed by atoms with E-state index in [9.17, 15) is 14.0 Å². The first-order valence-corrected chi connectivity index (χ1v) is 11.1. The summed E-state index contributed by atoms with van der Waals surface area (Å²) >= 11 is 0. The molecule has 1 saturated heterocycles. The number of piperidine rings is 1. The summed E-state index contributed by atoms with van der Waals surface area (Å²) in [5.41, 5.74) is 2.82. The Labute approximate surface area is 183 Å². The predicted molar refractivity (Wildman–Crippen MR) is 119 cm³/mol. The number of benzene rings is 2. The van der Waals surface area contributed by atoms with Crippen molar-refractivity contribution in [1.82, 2.24) is 9.80 Å². The van der Waals surface area contributed by atoms with Crippen molar-refractivity contribution >= 4 is 17.5 Å². The number of nitrogens with one attached hydrogen (secondary N) is 1. The maximum Gasteiger partial charge on any atom is 0.230 e. The number of rotatable bonds is 6. The number of anilines is 1. The van der Waals surface area contributed by atoms with Crippen LogP contribution in [-0.2, 0) is 16.0 Å². The summed E-state index contributed by atoms with van der Waals surface area (Å²) in [4.78, 5) is 29.5. The lowest BCUT2D eigenvalue weighted by Crippen LogP contribution is -2.42. The highest BCUT2D eigenvalue weighted by Gasteiger charge is 2.33. The van der Waals surface area contributed by atoms with Crippen LogP contribution in [-0.4, -0.2) is 54.8 Å². The number of hydrogen-bond donors (Lipinski definition) is 1. The van der Waals surface area contributed by atoms with Crippen molar-refractivity contribution in [2.24, 2.45) is 5.92 Å². The minimum absolute atomic E-state index is 0.0287. The molecule has 0 aromatic heterocycles. The molecule has 1 unspecified atom stereocenters. The topological polar surface area (TPSA) is 52.7 Å². The number of likely N-dealkylation sites (tertiary alicyclic amines) is 1. The number of para-hydroxylation sites is 1. The molecule has 2 heterocycles. The lowest BCUT2D eigenvalue weighted by molar-refractivity contribution is -0.134. The summed E-state index contributed by atoms with van der Waals surface area (Å²) in [7, 11) is 1.86. The number of carbonyl (C=O) groups is 2. The third kappa shape index (κ3) is 5.31. The molecule has 1 fully saturated rings. The van der Waals surface area contributed by atoms with Gasteiger partial charge in [-0.25, -0.2) is 4.39 Å². The van der Waals surface area contributed by atoms with Gasteiger partial charge in [0.25, 0.3) is 0 Å². The quantitative estimate of drug-likeness (QED) is 0.772. The Hall–Kier alpha value is -2.73. The first-order chi connectivity index (χ1) is 15.0. The molecule has 2 aliphatic heterocycles. The van der Waals surface area contributed by atoms with E-state index >= 15 is 0 Å². The average molecular weight is 424 g/mol. The van der Waals surface area contributed by atoms with Gasteiger partial charge in [0, 0.05) is 32.2 Å². The van der Waals surface area contributed by atoms with Gasteiger partial charge in [-0.2, -0.15) is 0 Å². The maximum atomic E-state index is 13.1. The number of hydrogen-bond acceptors (Lipinski definition) is 3. The molecule has 31 heavy (non-hydrogen) atoms. The van der Waals surface area contributed by atoms with Crippen LogP contribution in [0.4, 0.5) is 10.1 Å². The molecule has 0 saturated carbocycles. The van der Waals surface area contributed by atoms with E-state index in [1.54, 1.807) is 0 Å². The lowest BCUT2D eigenvalue weighted by atomic mass is 9.88. The van der Waals surface area contributed by atoms with Crippen molar-refractivity contribution in [2.45, 2.75) is 31.6 Å². The summed E-state index contributed by atoms with van der Waals surface area (Å²) in [5.74, 6) is -0.184. The minimum atomic E-state index is -0.397. The van der Waals surface area contributed by atoms with Crippen LogP contribution in [0, 0.1) is 11.7 Å². The highest BCUT2D eigenvalue weighted by Crippen LogP contribution is 2.33. The van der Waals surface area contributed by atoms with E-state index in [0.717, 1.165) is 62.3 Å². The molecule has 1 N–H and O–H groups in total. The van der Waals surface area contributed by atoms with E-state index in [1.807, 2.05) is 48.3 Å². The van der Waals surface area contributed by atoms with E-state index in [2.05, 4.69) is 10.2 Å². The Bertz CT molecular complexity index is 923. The van der Waals surface area contributed by atoms with Gasteiger partial charge < -0.3 is 15.1 Å². The molecular formula is C25H30FN3O2. The van der Waals surface area contributed by atoms with Gasteiger partial charge in [-0.15, -0.1) is 0 Å². The Morgan fingerprint density at radius 2 is 1.84 bits per heavy atom. The van der Waals surface area contributed by atoms with Gasteiger partial charge in [0.05, 0.1) is 5.92 Å². The number of amides is 2. The van der Waals surface area contributed by atoms with Crippen LogP contribution in [0.25, 0.3) is 0 Å². The van der Waals surface area contributed by atoms with Crippen molar-refractivity contribution in [3.05, 3.63) is 65.5 Å². The molecule has 6 heteroatoms. The van der Waals surface area contributed by atoms with Crippen LogP contribution >= 0.6 is 0 Å². The molecule has 2 aromatic carbocycles. The fourth-order valence-electron chi connectivity index (χ4n) is 4.71. The summed E-state index contributed by atoms with van der Waals surface area (Å²) in [6.45, 7) is 3.73. The molecule has 0 radical (unpaired) electrons. The third-order valence-corrected chi connectivity index (χ3v) is 6.54. The predicted octanol–water partition coefficient (Wildman–Crippen LogP) is 3.66. The minimum Gasteiger partial charge on any atom is -0.345 e. The van der Waals surface area contributed by atoms with Gasteiger partial charge in [-0.3, -0.25) is 9.59 Å². The number of nitrogens with zero attached hydrogens (tertiary/aromatic N) is 2. The Balaban J connectivity index is 1.26. The first kappa shape index (κ1) is 21.5. The van der Waals surface area contributed by atoms with Crippen LogP contribution in [0.3, 0.4) is 0 Å². The Kier molecular flexibility index (Phi) is 6.66. The highest BCUT2D eigenvalue weighted by molar-refractivity contribution is 6.01. The lowest BCUT2D eigenvalue weighted by Gasteiger charge is -2.35. The Morgan fingerprint density at radius 1 is 1.13 bits per heavy atom. The van der Waals surface area contributed by atoms with Crippen LogP contribution in [0.1, 0.15) is 36.3 Å². The van der Waals surface area contributed by atoms with E-state index in [1.165, 1.54) is 12.1 Å². The second-order valence-corrected chi connectivity index (χ2v) is 8.77. The number of halogens is 1. The molecule has 4 rings (SSSR count). The van der Waals surface area contributed by atoms with Gasteiger partial charge in [-0.05, 0) is 67.6 Å². The van der Waals surface area contributed by atoms with Crippen LogP contribution in [0.2, 0.25) is 0 Å². The highest BCUT2D eigenvalue weighted by atomic mass is 19.1. The maximum absolute atomic E-state index is 13.1. The zero-order chi connectivity index (χ0) is 21.8. The van der Waals surface area contributed by atoms with Crippen molar-refractivity contribution in [3.8, 4) is 0 Å². The summed E-state index contributed by atoms with van der Waals surface area (Å²) in [5, 5.41) is 2.86. The molecule has 1 atom stereocenters. The fourth-order valence-corrected chi connectivity index (χ4v) is 4.71. The number of fused-ring (bicyclic) bond motifs is 1. The van der Waals surface area contributed by atoms with Gasteiger partial charge in [0.1, 0.15) is 5.82 Å². The van der Waals surface area contributed by atoms with Crippen molar-refractivity contribution in [3.63, 3.8) is 0 Å². The van der Waals surface area contributed by atoms with E-state index in [0.29, 0.717) is 5.92 Å². The molecular weight excluding hydrogens is 393 g/mol. The molecule has 164 valence electrons. The smallest absolute Gasteiger partial charge is 0.230 e. The van der Waals surface area contributed by atoms with E-state index in [-0.39, 0.29) is 24.1 Å². The molecule has 0 bridgehead atoms. The average Bonchev–Trinajstić information content (AvgIpc) is 2.78. The van der Waals surface area contributed by atoms with Crippen molar-refractivity contribution in [2.75, 3.05) is 38.5 Å². The number of likely N-dealkylation sites (N-methyl/N-ethyl adjacent to an activating group) is 1. The van der Waals surface area contributed by atoms with Gasteiger partial charge >= 0.3 is 0 Å². The summed E-state index contributed by atoms with van der Waals surface area (Å²) < 4.78 is 13.0. The molecule has 2 aromatic rings. The number of carbonyl (C=O) groups excluding carboxylic acids is 2. The molecule has 5 nitrogen and oxygen atoms in total. The van der Waals surface area contributed by atoms with Crippen molar-refractivity contribution in [1.29, 1.82) is 0 Å². The zero-order valence-corrected chi connectivity index (χ0v) is 18.0. The summed E-state index contributed by atoms with van der Waals surface area (Å²) in [6.07, 6.45) is 3.25.